The average molecular weight is 457 g/mol. The van der Waals surface area contributed by atoms with Crippen LogP contribution in [-0.4, -0.2) is 37.0 Å². The first kappa shape index (κ1) is 24.6. The van der Waals surface area contributed by atoms with Gasteiger partial charge in [0.05, 0.1) is 11.6 Å². The zero-order valence-electron chi connectivity index (χ0n) is 19.7. The molecule has 0 saturated carbocycles. The van der Waals surface area contributed by atoms with Crippen LogP contribution in [0.5, 0.6) is 5.75 Å². The first-order chi connectivity index (χ1) is 15.4. The Hall–Kier alpha value is -2.04. The maximum absolute atomic E-state index is 13.3. The van der Waals surface area contributed by atoms with Gasteiger partial charge < -0.3 is 15.0 Å². The van der Waals surface area contributed by atoms with Gasteiger partial charge in [-0.1, -0.05) is 68.8 Å². The van der Waals surface area contributed by atoms with E-state index >= 15 is 0 Å². The second kappa shape index (κ2) is 12.3. The van der Waals surface area contributed by atoms with Crippen LogP contribution in [0, 0.1) is 11.8 Å². The van der Waals surface area contributed by atoms with Gasteiger partial charge in [-0.3, -0.25) is 4.79 Å². The standard InChI is InChI=1S/C27H37ClN2O2/c1-20(2)18-30(19-23-15-24-11-7-8-14-32-26(24)25(28)16-23)27(31)21(3)17-29-13-12-22-9-5-4-6-10-22/h4-6,9-10,15-16,20-21,29H,7-8,11-14,17-19H2,1-3H3. The Morgan fingerprint density at radius 3 is 2.66 bits per heavy atom. The van der Waals surface area contributed by atoms with Crippen LogP contribution in [0.4, 0.5) is 0 Å². The first-order valence-corrected chi connectivity index (χ1v) is 12.3. The summed E-state index contributed by atoms with van der Waals surface area (Å²) in [6.07, 6.45) is 4.09. The van der Waals surface area contributed by atoms with Crippen LogP contribution in [0.15, 0.2) is 42.5 Å². The smallest absolute Gasteiger partial charge is 0.226 e. The largest absolute Gasteiger partial charge is 0.492 e. The molecule has 2 aromatic carbocycles. The second-order valence-electron chi connectivity index (χ2n) is 9.32. The number of hydrogen-bond acceptors (Lipinski definition) is 3. The van der Waals surface area contributed by atoms with E-state index in [1.54, 1.807) is 0 Å². The number of benzene rings is 2. The molecule has 32 heavy (non-hydrogen) atoms. The van der Waals surface area contributed by atoms with E-state index in [4.69, 9.17) is 16.3 Å². The second-order valence-corrected chi connectivity index (χ2v) is 9.73. The minimum absolute atomic E-state index is 0.0795. The average Bonchev–Trinajstić information content (AvgIpc) is 3.02. The van der Waals surface area contributed by atoms with Crippen LogP contribution in [0.2, 0.25) is 5.02 Å². The SMILES string of the molecule is CC(C)CN(Cc1cc(Cl)c2c(c1)CCCCO2)C(=O)C(C)CNCCc1ccccc1. The van der Waals surface area contributed by atoms with Crippen LogP contribution in [0.25, 0.3) is 0 Å². The number of nitrogens with one attached hydrogen (secondary N) is 1. The molecule has 2 aromatic rings. The van der Waals surface area contributed by atoms with E-state index in [1.165, 1.54) is 5.56 Å². The molecule has 174 valence electrons. The van der Waals surface area contributed by atoms with Gasteiger partial charge in [0.25, 0.3) is 0 Å². The third-order valence-electron chi connectivity index (χ3n) is 5.84. The minimum atomic E-state index is -0.0795. The summed E-state index contributed by atoms with van der Waals surface area (Å²) in [5.41, 5.74) is 3.56. The molecular weight excluding hydrogens is 420 g/mol. The lowest BCUT2D eigenvalue weighted by Gasteiger charge is -2.28. The summed E-state index contributed by atoms with van der Waals surface area (Å²) < 4.78 is 5.86. The maximum Gasteiger partial charge on any atom is 0.226 e. The fourth-order valence-electron chi connectivity index (χ4n) is 4.23. The summed E-state index contributed by atoms with van der Waals surface area (Å²) in [6.45, 7) is 9.91. The fraction of sp³-hybridized carbons (Fsp3) is 0.519. The predicted molar refractivity (Wildman–Crippen MR) is 132 cm³/mol. The molecule has 0 aromatic heterocycles. The van der Waals surface area contributed by atoms with Gasteiger partial charge in [-0.05, 0) is 60.9 Å². The van der Waals surface area contributed by atoms with Crippen LogP contribution in [-0.2, 0) is 24.2 Å². The number of hydrogen-bond donors (Lipinski definition) is 1. The molecule has 5 heteroatoms. The number of nitrogens with zero attached hydrogens (tertiary/aromatic N) is 1. The van der Waals surface area contributed by atoms with Crippen molar-refractivity contribution in [1.29, 1.82) is 0 Å². The lowest BCUT2D eigenvalue weighted by Crippen LogP contribution is -2.40. The van der Waals surface area contributed by atoms with Crippen LogP contribution in [0.1, 0.15) is 50.3 Å². The summed E-state index contributed by atoms with van der Waals surface area (Å²) in [5, 5.41) is 4.12. The van der Waals surface area contributed by atoms with Gasteiger partial charge >= 0.3 is 0 Å². The Morgan fingerprint density at radius 1 is 1.12 bits per heavy atom. The summed E-state index contributed by atoms with van der Waals surface area (Å²) in [7, 11) is 0. The number of rotatable bonds is 10. The molecule has 1 amide bonds. The summed E-state index contributed by atoms with van der Waals surface area (Å²) in [4.78, 5) is 15.3. The topological polar surface area (TPSA) is 41.6 Å². The molecule has 1 heterocycles. The Balaban J connectivity index is 1.60. The number of carbonyl (C=O) groups is 1. The number of aryl methyl sites for hydroxylation is 1. The van der Waals surface area contributed by atoms with Gasteiger partial charge in [0.1, 0.15) is 5.75 Å². The summed E-state index contributed by atoms with van der Waals surface area (Å²) in [6, 6.07) is 14.6. The third-order valence-corrected chi connectivity index (χ3v) is 6.12. The van der Waals surface area contributed by atoms with E-state index in [1.807, 2.05) is 24.0 Å². The molecule has 1 aliphatic heterocycles. The molecule has 3 rings (SSSR count). The normalized spacial score (nSPS) is 14.4. The molecule has 1 atom stereocenters. The molecule has 0 bridgehead atoms. The van der Waals surface area contributed by atoms with Crippen molar-refractivity contribution in [3.8, 4) is 5.75 Å². The molecule has 0 radical (unpaired) electrons. The zero-order valence-corrected chi connectivity index (χ0v) is 20.5. The Labute approximate surface area is 198 Å². The monoisotopic (exact) mass is 456 g/mol. The quantitative estimate of drug-likeness (QED) is 0.479. The van der Waals surface area contributed by atoms with Crippen molar-refractivity contribution < 1.29 is 9.53 Å². The third kappa shape index (κ3) is 7.25. The molecule has 0 fully saturated rings. The van der Waals surface area contributed by atoms with Crippen molar-refractivity contribution in [3.63, 3.8) is 0 Å². The predicted octanol–water partition coefficient (Wildman–Crippen LogP) is 5.51. The van der Waals surface area contributed by atoms with Gasteiger partial charge in [-0.15, -0.1) is 0 Å². The summed E-state index contributed by atoms with van der Waals surface area (Å²) in [5.74, 6) is 1.33. The highest BCUT2D eigenvalue weighted by Crippen LogP contribution is 2.34. The van der Waals surface area contributed by atoms with Gasteiger partial charge in [-0.2, -0.15) is 0 Å². The van der Waals surface area contributed by atoms with E-state index in [9.17, 15) is 4.79 Å². The molecule has 0 saturated heterocycles. The maximum atomic E-state index is 13.3. The molecule has 1 aliphatic rings. The van der Waals surface area contributed by atoms with Crippen molar-refractivity contribution in [1.82, 2.24) is 10.2 Å². The van der Waals surface area contributed by atoms with Crippen molar-refractivity contribution in [3.05, 3.63) is 64.2 Å². The van der Waals surface area contributed by atoms with Gasteiger partial charge in [0.2, 0.25) is 5.91 Å². The van der Waals surface area contributed by atoms with Crippen molar-refractivity contribution in [2.45, 2.75) is 53.0 Å². The van der Waals surface area contributed by atoms with Crippen LogP contribution >= 0.6 is 11.6 Å². The van der Waals surface area contributed by atoms with E-state index in [2.05, 4.69) is 49.5 Å². The van der Waals surface area contributed by atoms with Gasteiger partial charge in [-0.25, -0.2) is 0 Å². The number of fused-ring (bicyclic) bond motifs is 1. The number of carbonyl (C=O) groups excluding carboxylic acids is 1. The first-order valence-electron chi connectivity index (χ1n) is 11.9. The van der Waals surface area contributed by atoms with E-state index in [0.717, 1.165) is 62.3 Å². The fourth-order valence-corrected chi connectivity index (χ4v) is 4.55. The molecule has 0 spiro atoms. The minimum Gasteiger partial charge on any atom is -0.492 e. The van der Waals surface area contributed by atoms with Gasteiger partial charge in [0.15, 0.2) is 0 Å². The summed E-state index contributed by atoms with van der Waals surface area (Å²) >= 11 is 6.55. The highest BCUT2D eigenvalue weighted by molar-refractivity contribution is 6.32. The van der Waals surface area contributed by atoms with E-state index < -0.39 is 0 Å². The van der Waals surface area contributed by atoms with Crippen molar-refractivity contribution in [2.24, 2.45) is 11.8 Å². The van der Waals surface area contributed by atoms with E-state index in [-0.39, 0.29) is 11.8 Å². The van der Waals surface area contributed by atoms with Crippen LogP contribution in [0.3, 0.4) is 0 Å². The molecule has 1 unspecified atom stereocenters. The van der Waals surface area contributed by atoms with Crippen molar-refractivity contribution in [2.75, 3.05) is 26.2 Å². The molecule has 1 N–H and O–H groups in total. The molecular formula is C27H37ClN2O2. The lowest BCUT2D eigenvalue weighted by molar-refractivity contribution is -0.136. The van der Waals surface area contributed by atoms with E-state index in [0.29, 0.717) is 24.0 Å². The number of amides is 1. The van der Waals surface area contributed by atoms with Gasteiger partial charge in [0, 0.05) is 25.6 Å². The number of ether oxygens (including phenoxy) is 1. The Bertz CT molecular complexity index is 869. The number of halogens is 1. The Morgan fingerprint density at radius 2 is 1.91 bits per heavy atom. The molecule has 4 nitrogen and oxygen atoms in total. The lowest BCUT2D eigenvalue weighted by atomic mass is 10.0. The molecule has 0 aliphatic carbocycles. The highest BCUT2D eigenvalue weighted by atomic mass is 35.5. The van der Waals surface area contributed by atoms with Crippen molar-refractivity contribution >= 4 is 17.5 Å². The zero-order chi connectivity index (χ0) is 22.9. The van der Waals surface area contributed by atoms with Crippen LogP contribution < -0.4 is 10.1 Å². The Kier molecular flexibility index (Phi) is 9.43. The highest BCUT2D eigenvalue weighted by Gasteiger charge is 2.23.